The lowest BCUT2D eigenvalue weighted by molar-refractivity contribution is 0.0703. The summed E-state index contributed by atoms with van der Waals surface area (Å²) < 4.78 is 8.74. The smallest absolute Gasteiger partial charge is 0.348 e. The van der Waals surface area contributed by atoms with Crippen LogP contribution in [-0.2, 0) is 6.54 Å². The number of carbonyl (C=O) groups is 1. The highest BCUT2D eigenvalue weighted by molar-refractivity contribution is 14.1. The van der Waals surface area contributed by atoms with Gasteiger partial charge in [-0.2, -0.15) is 0 Å². The molecule has 1 saturated heterocycles. The molecule has 2 aliphatic rings. The van der Waals surface area contributed by atoms with Crippen LogP contribution < -0.4 is 10.1 Å². The fraction of sp³-hybridized carbons (Fsp3) is 0.571. The SMILES string of the molecule is CN(I)C1CCN(Cc2ccncc2O[C@H]2CC[C@H](Nc3cc(C#CC(C)(C)C)sc3C(=O)O)CC2)C1. The largest absolute Gasteiger partial charge is 0.488 e. The summed E-state index contributed by atoms with van der Waals surface area (Å²) in [7, 11) is 2.14. The van der Waals surface area contributed by atoms with Crippen LogP contribution in [0.2, 0.25) is 0 Å². The molecule has 0 amide bonds. The second-order valence-corrected chi connectivity index (χ2v) is 13.7. The number of hydrogen-bond acceptors (Lipinski definition) is 7. The molecule has 37 heavy (non-hydrogen) atoms. The molecule has 7 nitrogen and oxygen atoms in total. The summed E-state index contributed by atoms with van der Waals surface area (Å²) in [5.74, 6) is 6.32. The lowest BCUT2D eigenvalue weighted by atomic mass is 9.92. The summed E-state index contributed by atoms with van der Waals surface area (Å²) in [5.41, 5.74) is 1.74. The highest BCUT2D eigenvalue weighted by Crippen LogP contribution is 2.32. The van der Waals surface area contributed by atoms with Crippen LogP contribution in [0.1, 0.15) is 73.0 Å². The van der Waals surface area contributed by atoms with E-state index in [2.05, 4.69) is 66.1 Å². The number of nitrogens with zero attached hydrogens (tertiary/aromatic N) is 3. The molecule has 2 N–H and O–H groups in total. The fourth-order valence-corrected chi connectivity index (χ4v) is 6.09. The molecular weight excluding hydrogens is 599 g/mol. The average Bonchev–Trinajstić information content (AvgIpc) is 3.47. The van der Waals surface area contributed by atoms with E-state index in [1.807, 2.05) is 39.2 Å². The number of pyridine rings is 1. The highest BCUT2D eigenvalue weighted by Gasteiger charge is 2.27. The number of likely N-dealkylation sites (N-methyl/N-ethyl adjacent to an activating group) is 1. The molecule has 1 unspecified atom stereocenters. The molecule has 0 bridgehead atoms. The predicted molar refractivity (Wildman–Crippen MR) is 158 cm³/mol. The number of nitrogens with one attached hydrogen (secondary N) is 1. The molecule has 2 aromatic rings. The van der Waals surface area contributed by atoms with E-state index in [9.17, 15) is 9.90 Å². The zero-order valence-corrected chi connectivity index (χ0v) is 25.1. The summed E-state index contributed by atoms with van der Waals surface area (Å²) >= 11 is 3.62. The van der Waals surface area contributed by atoms with E-state index >= 15 is 0 Å². The number of likely N-dealkylation sites (tertiary alicyclic amines) is 1. The topological polar surface area (TPSA) is 77.9 Å². The van der Waals surface area contributed by atoms with Crippen molar-refractivity contribution in [1.82, 2.24) is 13.0 Å². The zero-order valence-electron chi connectivity index (χ0n) is 22.1. The molecule has 1 aliphatic carbocycles. The van der Waals surface area contributed by atoms with Crippen LogP contribution in [0.15, 0.2) is 24.5 Å². The number of ether oxygens (including phenoxy) is 1. The van der Waals surface area contributed by atoms with Gasteiger partial charge in [0.2, 0.25) is 0 Å². The van der Waals surface area contributed by atoms with Gasteiger partial charge in [0.15, 0.2) is 0 Å². The summed E-state index contributed by atoms with van der Waals surface area (Å²) in [6.45, 7) is 9.20. The third-order valence-electron chi connectivity index (χ3n) is 6.83. The van der Waals surface area contributed by atoms with Crippen LogP contribution in [-0.4, -0.2) is 62.4 Å². The van der Waals surface area contributed by atoms with E-state index in [1.54, 1.807) is 0 Å². The molecule has 9 heteroatoms. The molecule has 1 aliphatic heterocycles. The number of aromatic nitrogens is 1. The maximum absolute atomic E-state index is 11.8. The van der Waals surface area contributed by atoms with Gasteiger partial charge in [-0.05, 0) is 72.1 Å². The molecule has 0 radical (unpaired) electrons. The summed E-state index contributed by atoms with van der Waals surface area (Å²) in [6.07, 6.45) is 8.71. The van der Waals surface area contributed by atoms with Crippen molar-refractivity contribution in [2.24, 2.45) is 5.41 Å². The van der Waals surface area contributed by atoms with Gasteiger partial charge in [0.25, 0.3) is 0 Å². The van der Waals surface area contributed by atoms with Gasteiger partial charge in [-0.3, -0.25) is 9.88 Å². The van der Waals surface area contributed by atoms with Crippen LogP contribution >= 0.6 is 34.2 Å². The summed E-state index contributed by atoms with van der Waals surface area (Å²) in [5, 5.41) is 13.2. The lowest BCUT2D eigenvalue weighted by Crippen LogP contribution is -2.32. The Kier molecular flexibility index (Phi) is 9.38. The van der Waals surface area contributed by atoms with E-state index in [0.717, 1.165) is 55.9 Å². The minimum atomic E-state index is -0.910. The number of aromatic carboxylic acids is 1. The number of halogens is 1. The van der Waals surface area contributed by atoms with Gasteiger partial charge in [-0.1, -0.05) is 11.8 Å². The van der Waals surface area contributed by atoms with Gasteiger partial charge in [0.1, 0.15) is 10.6 Å². The molecular formula is C28H37IN4O3S. The monoisotopic (exact) mass is 636 g/mol. The van der Waals surface area contributed by atoms with E-state index in [1.165, 1.54) is 23.3 Å². The van der Waals surface area contributed by atoms with E-state index in [4.69, 9.17) is 4.74 Å². The third-order valence-corrected chi connectivity index (χ3v) is 8.66. The molecule has 1 atom stereocenters. The van der Waals surface area contributed by atoms with E-state index in [0.29, 0.717) is 16.6 Å². The Labute approximate surface area is 238 Å². The zero-order chi connectivity index (χ0) is 26.6. The van der Waals surface area contributed by atoms with Crippen molar-refractivity contribution >= 4 is 45.9 Å². The van der Waals surface area contributed by atoms with Crippen molar-refractivity contribution in [3.05, 3.63) is 39.8 Å². The van der Waals surface area contributed by atoms with Gasteiger partial charge in [0.05, 0.1) is 22.9 Å². The minimum absolute atomic E-state index is 0.129. The van der Waals surface area contributed by atoms with Crippen LogP contribution in [0.25, 0.3) is 0 Å². The molecule has 1 saturated carbocycles. The lowest BCUT2D eigenvalue weighted by Gasteiger charge is -2.30. The number of anilines is 1. The van der Waals surface area contributed by atoms with E-state index in [-0.39, 0.29) is 17.6 Å². The summed E-state index contributed by atoms with van der Waals surface area (Å²) in [4.78, 5) is 19.8. The predicted octanol–water partition coefficient (Wildman–Crippen LogP) is 5.90. The molecule has 3 heterocycles. The number of hydrogen-bond donors (Lipinski definition) is 2. The number of rotatable bonds is 8. The standard InChI is InChI=1S/C28H37IN4O3S/c1-28(2,3)12-9-23-15-24(26(37-23)27(34)35)31-20-5-7-22(8-6-20)36-25-16-30-13-10-19(25)17-33-14-11-21(18-33)32(4)29/h10,13,15-16,20-22,31H,5-8,11,14,17-18H2,1-4H3,(H,34,35)/t20-,21?,22-. The first kappa shape index (κ1) is 28.1. The van der Waals surface area contributed by atoms with Crippen LogP contribution in [0.4, 0.5) is 5.69 Å². The van der Waals surface area contributed by atoms with Crippen molar-refractivity contribution in [1.29, 1.82) is 0 Å². The van der Waals surface area contributed by atoms with Crippen molar-refractivity contribution in [3.8, 4) is 17.6 Å². The molecule has 0 spiro atoms. The quantitative estimate of drug-likeness (QED) is 0.213. The Hall–Kier alpha value is -1.87. The minimum Gasteiger partial charge on any atom is -0.488 e. The Morgan fingerprint density at radius 2 is 2.08 bits per heavy atom. The number of carboxylic acids is 1. The molecule has 2 aromatic heterocycles. The summed E-state index contributed by atoms with van der Waals surface area (Å²) in [6, 6.07) is 4.78. The Morgan fingerprint density at radius 1 is 1.32 bits per heavy atom. The third kappa shape index (κ3) is 8.06. The van der Waals surface area contributed by atoms with Gasteiger partial charge in [-0.25, -0.2) is 7.91 Å². The van der Waals surface area contributed by atoms with Crippen LogP contribution in [0.3, 0.4) is 0 Å². The Bertz CT molecular complexity index is 1140. The fourth-order valence-electron chi connectivity index (χ4n) is 4.82. The molecule has 200 valence electrons. The first-order valence-corrected chi connectivity index (χ1v) is 14.7. The number of carboxylic acid groups (broad SMARTS) is 1. The maximum atomic E-state index is 11.8. The molecule has 4 rings (SSSR count). The first-order chi connectivity index (χ1) is 17.6. The Balaban J connectivity index is 1.33. The van der Waals surface area contributed by atoms with E-state index < -0.39 is 5.97 Å². The van der Waals surface area contributed by atoms with Crippen molar-refractivity contribution in [2.75, 3.05) is 25.5 Å². The Morgan fingerprint density at radius 3 is 2.73 bits per heavy atom. The second-order valence-electron chi connectivity index (χ2n) is 11.1. The highest BCUT2D eigenvalue weighted by atomic mass is 127. The first-order valence-electron chi connectivity index (χ1n) is 12.9. The van der Waals surface area contributed by atoms with Crippen LogP contribution in [0, 0.1) is 17.3 Å². The van der Waals surface area contributed by atoms with Crippen molar-refractivity contribution in [2.45, 2.75) is 77.6 Å². The average molecular weight is 637 g/mol. The van der Waals surface area contributed by atoms with Gasteiger partial charge >= 0.3 is 5.97 Å². The van der Waals surface area contributed by atoms with Gasteiger partial charge < -0.3 is 15.2 Å². The van der Waals surface area contributed by atoms with Gasteiger partial charge in [-0.15, -0.1) is 11.3 Å². The number of thiophene rings is 1. The van der Waals surface area contributed by atoms with Crippen molar-refractivity contribution in [3.63, 3.8) is 0 Å². The second kappa shape index (κ2) is 12.3. The van der Waals surface area contributed by atoms with Crippen LogP contribution in [0.5, 0.6) is 5.75 Å². The normalized spacial score (nSPS) is 22.5. The van der Waals surface area contributed by atoms with Gasteiger partial charge in [0, 0.05) is 71.8 Å². The van der Waals surface area contributed by atoms with Crippen molar-refractivity contribution < 1.29 is 14.6 Å². The molecule has 0 aromatic carbocycles. The molecule has 2 fully saturated rings. The maximum Gasteiger partial charge on any atom is 0.348 e.